The van der Waals surface area contributed by atoms with Gasteiger partial charge in [0.2, 0.25) is 0 Å². The van der Waals surface area contributed by atoms with E-state index in [-0.39, 0.29) is 12.6 Å². The number of nitrogens with one attached hydrogen (secondary N) is 3. The fraction of sp³-hybridized carbons (Fsp3) is 0.385. The second-order valence-electron chi connectivity index (χ2n) is 9.13. The molecule has 4 rings (SSSR count). The maximum atomic E-state index is 13.4. The van der Waals surface area contributed by atoms with Gasteiger partial charge in [0.1, 0.15) is 6.54 Å². The highest BCUT2D eigenvalue weighted by molar-refractivity contribution is 5.94. The monoisotopic (exact) mass is 480 g/mol. The van der Waals surface area contributed by atoms with E-state index in [2.05, 4.69) is 38.8 Å². The topological polar surface area (TPSA) is 77.7 Å². The van der Waals surface area contributed by atoms with Crippen LogP contribution in [0.4, 0.5) is 24.5 Å². The van der Waals surface area contributed by atoms with Crippen molar-refractivity contribution in [1.82, 2.24) is 14.9 Å². The van der Waals surface area contributed by atoms with Crippen LogP contribution in [0.25, 0.3) is 10.9 Å². The van der Waals surface area contributed by atoms with Gasteiger partial charge in [-0.15, -0.1) is 0 Å². The van der Waals surface area contributed by atoms with E-state index < -0.39 is 18.1 Å². The normalized spacial score (nSPS) is 15.9. The first kappa shape index (κ1) is 24.4. The molecule has 0 aliphatic carbocycles. The molecule has 35 heavy (non-hydrogen) atoms. The Balaban J connectivity index is 1.55. The molecular weight excluding hydrogens is 453 g/mol. The van der Waals surface area contributed by atoms with Gasteiger partial charge in [0.15, 0.2) is 0 Å². The lowest BCUT2D eigenvalue weighted by molar-refractivity contribution is -0.140. The van der Waals surface area contributed by atoms with Crippen molar-refractivity contribution in [3.8, 4) is 17.9 Å². The number of nitriles is 1. The number of benzene rings is 1. The smallest absolute Gasteiger partial charge is 0.380 e. The SMILES string of the molecule is CC(C)(C#N)c1ccc(NCC#Cc2cc3c(NC4CCNC4)cccc3n2CC(F)(F)F)cn1. The first-order valence-corrected chi connectivity index (χ1v) is 11.4. The van der Waals surface area contributed by atoms with Crippen LogP contribution in [0.1, 0.15) is 31.7 Å². The highest BCUT2D eigenvalue weighted by Gasteiger charge is 2.30. The number of nitrogens with zero attached hydrogens (tertiary/aromatic N) is 3. The van der Waals surface area contributed by atoms with E-state index in [1.54, 1.807) is 50.4 Å². The van der Waals surface area contributed by atoms with Gasteiger partial charge in [-0.1, -0.05) is 12.0 Å². The van der Waals surface area contributed by atoms with Crippen molar-refractivity contribution in [1.29, 1.82) is 5.26 Å². The Bertz CT molecular complexity index is 1280. The Morgan fingerprint density at radius 1 is 1.23 bits per heavy atom. The van der Waals surface area contributed by atoms with Crippen LogP contribution in [-0.2, 0) is 12.0 Å². The standard InChI is InChI=1S/C26H27F3N6/c1-25(2,16-30)24-9-8-18(15-33-24)32-11-4-5-20-13-21-22(34-19-10-12-31-14-19)6-3-7-23(21)35(20)17-26(27,28)29/h3,6-9,13,15,19,31-32,34H,10-12,14,17H2,1-2H3. The van der Waals surface area contributed by atoms with E-state index in [4.69, 9.17) is 0 Å². The first-order valence-electron chi connectivity index (χ1n) is 11.4. The van der Waals surface area contributed by atoms with Crippen molar-refractivity contribution in [3.63, 3.8) is 0 Å². The van der Waals surface area contributed by atoms with Crippen LogP contribution in [0.2, 0.25) is 0 Å². The molecule has 0 radical (unpaired) electrons. The summed E-state index contributed by atoms with van der Waals surface area (Å²) in [4.78, 5) is 4.32. The number of anilines is 2. The van der Waals surface area contributed by atoms with E-state index in [1.807, 2.05) is 6.07 Å². The average Bonchev–Trinajstić information content (AvgIpc) is 3.45. The molecular formula is C26H27F3N6. The zero-order valence-corrected chi connectivity index (χ0v) is 19.6. The highest BCUT2D eigenvalue weighted by Crippen LogP contribution is 2.31. The van der Waals surface area contributed by atoms with E-state index in [0.29, 0.717) is 22.6 Å². The zero-order valence-electron chi connectivity index (χ0n) is 19.6. The summed E-state index contributed by atoms with van der Waals surface area (Å²) in [6, 6.07) is 13.1. The third-order valence-corrected chi connectivity index (χ3v) is 5.98. The molecule has 6 nitrogen and oxygen atoms in total. The van der Waals surface area contributed by atoms with Gasteiger partial charge >= 0.3 is 6.18 Å². The predicted molar refractivity (Wildman–Crippen MR) is 131 cm³/mol. The first-order chi connectivity index (χ1) is 16.7. The fourth-order valence-electron chi connectivity index (χ4n) is 4.07. The Hall–Kier alpha value is -3.69. The van der Waals surface area contributed by atoms with Crippen LogP contribution >= 0.6 is 0 Å². The molecule has 3 aromatic rings. The van der Waals surface area contributed by atoms with Crippen LogP contribution in [-0.4, -0.2) is 41.4 Å². The van der Waals surface area contributed by atoms with Crippen LogP contribution in [0.3, 0.4) is 0 Å². The van der Waals surface area contributed by atoms with Gasteiger partial charge in [-0.05, 0) is 63.1 Å². The molecule has 1 aromatic carbocycles. The predicted octanol–water partition coefficient (Wildman–Crippen LogP) is 4.64. The summed E-state index contributed by atoms with van der Waals surface area (Å²) in [5.74, 6) is 5.83. The Morgan fingerprint density at radius 3 is 2.71 bits per heavy atom. The van der Waals surface area contributed by atoms with Crippen LogP contribution in [0.15, 0.2) is 42.6 Å². The van der Waals surface area contributed by atoms with Crippen molar-refractivity contribution in [2.24, 2.45) is 0 Å². The van der Waals surface area contributed by atoms with Gasteiger partial charge in [0.25, 0.3) is 0 Å². The summed E-state index contributed by atoms with van der Waals surface area (Å²) < 4.78 is 41.3. The molecule has 1 saturated heterocycles. The summed E-state index contributed by atoms with van der Waals surface area (Å²) in [6.07, 6.45) is -1.79. The molecule has 182 valence electrons. The summed E-state index contributed by atoms with van der Waals surface area (Å²) >= 11 is 0. The minimum absolute atomic E-state index is 0.231. The second kappa shape index (κ2) is 9.89. The van der Waals surface area contributed by atoms with Crippen molar-refractivity contribution in [2.45, 2.75) is 44.4 Å². The van der Waals surface area contributed by atoms with Crippen LogP contribution in [0, 0.1) is 23.2 Å². The second-order valence-corrected chi connectivity index (χ2v) is 9.13. The number of hydrogen-bond donors (Lipinski definition) is 3. The molecule has 0 spiro atoms. The molecule has 1 unspecified atom stereocenters. The summed E-state index contributed by atoms with van der Waals surface area (Å²) in [7, 11) is 0. The minimum atomic E-state index is -4.37. The number of aromatic nitrogens is 2. The van der Waals surface area contributed by atoms with Gasteiger partial charge < -0.3 is 20.5 Å². The van der Waals surface area contributed by atoms with E-state index in [1.165, 1.54) is 4.57 Å². The van der Waals surface area contributed by atoms with Crippen LogP contribution in [0.5, 0.6) is 0 Å². The van der Waals surface area contributed by atoms with Gasteiger partial charge in [0.05, 0.1) is 46.8 Å². The molecule has 0 saturated carbocycles. The maximum Gasteiger partial charge on any atom is 0.406 e. The third-order valence-electron chi connectivity index (χ3n) is 5.98. The fourth-order valence-corrected chi connectivity index (χ4v) is 4.07. The number of pyridine rings is 1. The Labute approximate surface area is 202 Å². The summed E-state index contributed by atoms with van der Waals surface area (Å²) in [6.45, 7) is 4.44. The minimum Gasteiger partial charge on any atom is -0.380 e. The summed E-state index contributed by atoms with van der Waals surface area (Å²) in [5, 5.41) is 19.8. The number of fused-ring (bicyclic) bond motifs is 1. The average molecular weight is 481 g/mol. The van der Waals surface area contributed by atoms with Crippen molar-refractivity contribution in [3.05, 3.63) is 54.0 Å². The molecule has 1 atom stereocenters. The molecule has 3 N–H and O–H groups in total. The number of alkyl halides is 3. The van der Waals surface area contributed by atoms with Crippen molar-refractivity contribution in [2.75, 3.05) is 30.3 Å². The largest absolute Gasteiger partial charge is 0.406 e. The number of hydrogen-bond acceptors (Lipinski definition) is 5. The molecule has 2 aromatic heterocycles. The van der Waals surface area contributed by atoms with E-state index >= 15 is 0 Å². The molecule has 0 amide bonds. The number of halogens is 3. The lowest BCUT2D eigenvalue weighted by Gasteiger charge is -2.15. The highest BCUT2D eigenvalue weighted by atomic mass is 19.4. The Kier molecular flexibility index (Phi) is 6.90. The molecule has 9 heteroatoms. The maximum absolute atomic E-state index is 13.4. The van der Waals surface area contributed by atoms with Crippen molar-refractivity contribution >= 4 is 22.3 Å². The molecule has 0 bridgehead atoms. The Morgan fingerprint density at radius 2 is 2.06 bits per heavy atom. The molecule has 1 aliphatic rings. The molecule has 1 fully saturated rings. The lowest BCUT2D eigenvalue weighted by atomic mass is 9.91. The van der Waals surface area contributed by atoms with Crippen molar-refractivity contribution < 1.29 is 13.2 Å². The van der Waals surface area contributed by atoms with Gasteiger partial charge in [-0.25, -0.2) is 0 Å². The quantitative estimate of drug-likeness (QED) is 0.448. The summed E-state index contributed by atoms with van der Waals surface area (Å²) in [5.41, 5.74) is 2.30. The number of rotatable bonds is 6. The van der Waals surface area contributed by atoms with E-state index in [0.717, 1.165) is 30.6 Å². The van der Waals surface area contributed by atoms with Crippen LogP contribution < -0.4 is 16.0 Å². The lowest BCUT2D eigenvalue weighted by Crippen LogP contribution is -2.22. The zero-order chi connectivity index (χ0) is 25.1. The van der Waals surface area contributed by atoms with Gasteiger partial charge in [0, 0.05) is 23.7 Å². The third kappa shape index (κ3) is 5.87. The molecule has 1 aliphatic heterocycles. The van der Waals surface area contributed by atoms with E-state index in [9.17, 15) is 18.4 Å². The molecule has 3 heterocycles. The van der Waals surface area contributed by atoms with Gasteiger partial charge in [-0.2, -0.15) is 18.4 Å². The van der Waals surface area contributed by atoms with Gasteiger partial charge in [-0.3, -0.25) is 4.98 Å².